The molecule has 0 saturated carbocycles. The highest BCUT2D eigenvalue weighted by atomic mass is 32.2. The second kappa shape index (κ2) is 10.0. The number of carbonyl (C=O) groups is 2. The largest absolute Gasteiger partial charge is 0.345 e. The van der Waals surface area contributed by atoms with Crippen molar-refractivity contribution in [1.82, 2.24) is 25.1 Å². The summed E-state index contributed by atoms with van der Waals surface area (Å²) in [5.41, 5.74) is 0.867. The molecule has 0 bridgehead atoms. The third-order valence-corrected chi connectivity index (χ3v) is 6.61. The number of thiazole rings is 1. The fraction of sp³-hybridized carbons (Fsp3) is 0.350. The summed E-state index contributed by atoms with van der Waals surface area (Å²) in [5, 5.41) is 14.5. The molecule has 11 heteroatoms. The molecule has 164 valence electrons. The highest BCUT2D eigenvalue weighted by Crippen LogP contribution is 2.25. The summed E-state index contributed by atoms with van der Waals surface area (Å²) >= 11 is 2.70. The van der Waals surface area contributed by atoms with E-state index in [1.165, 1.54) is 41.3 Å². The van der Waals surface area contributed by atoms with Crippen LogP contribution in [0.1, 0.15) is 40.6 Å². The zero-order valence-corrected chi connectivity index (χ0v) is 19.2. The number of amides is 2. The number of halogens is 1. The summed E-state index contributed by atoms with van der Waals surface area (Å²) in [4.78, 5) is 30.2. The van der Waals surface area contributed by atoms with Gasteiger partial charge in [-0.25, -0.2) is 9.37 Å². The van der Waals surface area contributed by atoms with Crippen LogP contribution in [-0.2, 0) is 17.9 Å². The zero-order valence-electron chi connectivity index (χ0n) is 17.6. The van der Waals surface area contributed by atoms with Gasteiger partial charge < -0.3 is 15.2 Å². The Kier molecular flexibility index (Phi) is 7.39. The van der Waals surface area contributed by atoms with Crippen molar-refractivity contribution in [2.75, 3.05) is 5.32 Å². The van der Waals surface area contributed by atoms with Crippen LogP contribution in [0.2, 0.25) is 0 Å². The number of carbonyl (C=O) groups excluding carboxylic acids is 2. The molecule has 2 aromatic heterocycles. The molecule has 0 aliphatic carbocycles. The average molecular weight is 463 g/mol. The van der Waals surface area contributed by atoms with Crippen LogP contribution < -0.4 is 10.6 Å². The predicted octanol–water partition coefficient (Wildman–Crippen LogP) is 3.56. The molecule has 2 N–H and O–H groups in total. The van der Waals surface area contributed by atoms with Gasteiger partial charge in [-0.2, -0.15) is 0 Å². The Morgan fingerprint density at radius 3 is 2.65 bits per heavy atom. The van der Waals surface area contributed by atoms with Crippen LogP contribution in [0.4, 0.5) is 9.52 Å². The number of benzene rings is 1. The number of aryl methyl sites for hydroxylation is 2. The van der Waals surface area contributed by atoms with Crippen LogP contribution >= 0.6 is 23.1 Å². The number of nitrogens with one attached hydrogen (secondary N) is 2. The Bertz CT molecular complexity index is 1080. The number of thioether (sulfide) groups is 1. The number of hydrogen-bond donors (Lipinski definition) is 2. The molecule has 8 nitrogen and oxygen atoms in total. The van der Waals surface area contributed by atoms with Crippen molar-refractivity contribution in [3.8, 4) is 0 Å². The van der Waals surface area contributed by atoms with Gasteiger partial charge in [0.1, 0.15) is 5.82 Å². The van der Waals surface area contributed by atoms with Gasteiger partial charge in [-0.3, -0.25) is 9.59 Å². The molecule has 0 radical (unpaired) electrons. The fourth-order valence-electron chi connectivity index (χ4n) is 2.70. The average Bonchev–Trinajstić information content (AvgIpc) is 3.27. The summed E-state index contributed by atoms with van der Waals surface area (Å²) in [6.45, 7) is 8.20. The monoisotopic (exact) mass is 462 g/mol. The summed E-state index contributed by atoms with van der Waals surface area (Å²) in [5.74, 6) is -0.773. The minimum absolute atomic E-state index is 0.0300. The SMILES string of the molecule is CCn1c(CNC(=O)c2ccccc2F)nnc1SC(C)C(=O)Nc1nc(C)c(C)s1. The van der Waals surface area contributed by atoms with Crippen LogP contribution in [0.5, 0.6) is 0 Å². The maximum absolute atomic E-state index is 13.8. The Hall–Kier alpha value is -2.79. The molecule has 3 rings (SSSR count). The van der Waals surface area contributed by atoms with Crippen molar-refractivity contribution >= 4 is 40.0 Å². The molecule has 0 aliphatic rings. The van der Waals surface area contributed by atoms with E-state index < -0.39 is 17.0 Å². The van der Waals surface area contributed by atoms with E-state index in [0.717, 1.165) is 10.6 Å². The molecule has 2 heterocycles. The second-order valence-electron chi connectivity index (χ2n) is 6.72. The molecular weight excluding hydrogens is 439 g/mol. The van der Waals surface area contributed by atoms with E-state index in [2.05, 4.69) is 25.8 Å². The summed E-state index contributed by atoms with van der Waals surface area (Å²) < 4.78 is 15.6. The van der Waals surface area contributed by atoms with Crippen LogP contribution in [0.15, 0.2) is 29.4 Å². The first-order valence-electron chi connectivity index (χ1n) is 9.66. The van der Waals surface area contributed by atoms with Crippen LogP contribution in [0.3, 0.4) is 0 Å². The molecular formula is C20H23FN6O2S2. The summed E-state index contributed by atoms with van der Waals surface area (Å²) in [7, 11) is 0. The van der Waals surface area contributed by atoms with Gasteiger partial charge in [-0.15, -0.1) is 21.5 Å². The molecule has 0 aliphatic heterocycles. The van der Waals surface area contributed by atoms with Gasteiger partial charge in [0.2, 0.25) is 5.91 Å². The van der Waals surface area contributed by atoms with Gasteiger partial charge in [-0.05, 0) is 39.8 Å². The van der Waals surface area contributed by atoms with Gasteiger partial charge in [-0.1, -0.05) is 23.9 Å². The Labute approximate surface area is 187 Å². The molecule has 1 aromatic carbocycles. The Morgan fingerprint density at radius 1 is 1.26 bits per heavy atom. The third kappa shape index (κ3) is 5.47. The minimum atomic E-state index is -0.585. The second-order valence-corrected chi connectivity index (χ2v) is 9.23. The number of anilines is 1. The molecule has 3 aromatic rings. The molecule has 0 fully saturated rings. The molecule has 1 unspecified atom stereocenters. The number of aromatic nitrogens is 4. The fourth-order valence-corrected chi connectivity index (χ4v) is 4.45. The maximum Gasteiger partial charge on any atom is 0.254 e. The van der Waals surface area contributed by atoms with E-state index in [4.69, 9.17) is 0 Å². The van der Waals surface area contributed by atoms with Gasteiger partial charge in [0, 0.05) is 11.4 Å². The maximum atomic E-state index is 13.8. The smallest absolute Gasteiger partial charge is 0.254 e. The van der Waals surface area contributed by atoms with Crippen molar-refractivity contribution < 1.29 is 14.0 Å². The quantitative estimate of drug-likeness (QED) is 0.497. The summed E-state index contributed by atoms with van der Waals surface area (Å²) in [6.07, 6.45) is 0. The number of nitrogens with zero attached hydrogens (tertiary/aromatic N) is 4. The van der Waals surface area contributed by atoms with Crippen molar-refractivity contribution in [3.63, 3.8) is 0 Å². The lowest BCUT2D eigenvalue weighted by Crippen LogP contribution is -2.26. The van der Waals surface area contributed by atoms with Crippen LogP contribution in [0.25, 0.3) is 0 Å². The molecule has 2 amide bonds. The first-order valence-corrected chi connectivity index (χ1v) is 11.4. The normalized spacial score (nSPS) is 11.9. The van der Waals surface area contributed by atoms with Crippen molar-refractivity contribution in [3.05, 3.63) is 52.0 Å². The third-order valence-electron chi connectivity index (χ3n) is 4.55. The number of hydrogen-bond acceptors (Lipinski definition) is 7. The van der Waals surface area contributed by atoms with Crippen molar-refractivity contribution in [1.29, 1.82) is 0 Å². The zero-order chi connectivity index (χ0) is 22.5. The highest BCUT2D eigenvalue weighted by molar-refractivity contribution is 8.00. The first-order chi connectivity index (χ1) is 14.8. The topological polar surface area (TPSA) is 102 Å². The van der Waals surface area contributed by atoms with Gasteiger partial charge >= 0.3 is 0 Å². The predicted molar refractivity (Wildman–Crippen MR) is 119 cm³/mol. The van der Waals surface area contributed by atoms with Crippen LogP contribution in [-0.4, -0.2) is 36.8 Å². The van der Waals surface area contributed by atoms with Gasteiger partial charge in [0.25, 0.3) is 5.91 Å². The van der Waals surface area contributed by atoms with E-state index in [-0.39, 0.29) is 18.0 Å². The van der Waals surface area contributed by atoms with Gasteiger partial charge in [0.15, 0.2) is 16.1 Å². The van der Waals surface area contributed by atoms with Gasteiger partial charge in [0.05, 0.1) is 23.1 Å². The van der Waals surface area contributed by atoms with E-state index in [1.807, 2.05) is 25.3 Å². The Balaban J connectivity index is 1.63. The lowest BCUT2D eigenvalue weighted by molar-refractivity contribution is -0.115. The van der Waals surface area contributed by atoms with Crippen molar-refractivity contribution in [2.45, 2.75) is 51.2 Å². The first kappa shape index (κ1) is 22.9. The van der Waals surface area contributed by atoms with E-state index in [9.17, 15) is 14.0 Å². The Morgan fingerprint density at radius 2 is 2.00 bits per heavy atom. The van der Waals surface area contributed by atoms with E-state index in [1.54, 1.807) is 13.0 Å². The number of rotatable bonds is 8. The lowest BCUT2D eigenvalue weighted by Gasteiger charge is -2.12. The lowest BCUT2D eigenvalue weighted by atomic mass is 10.2. The molecule has 0 spiro atoms. The minimum Gasteiger partial charge on any atom is -0.345 e. The van der Waals surface area contributed by atoms with Crippen molar-refractivity contribution in [2.24, 2.45) is 0 Å². The standard InChI is InChI=1S/C20H23FN6O2S2/c1-5-27-16(10-22-18(29)14-8-6-7-9-15(14)21)25-26-20(27)31-13(4)17(28)24-19-23-11(2)12(3)30-19/h6-9,13H,5,10H2,1-4H3,(H,22,29)(H,23,24,28). The summed E-state index contributed by atoms with van der Waals surface area (Å²) in [6, 6.07) is 5.78. The molecule has 1 atom stereocenters. The van der Waals surface area contributed by atoms with Crippen LogP contribution in [0, 0.1) is 19.7 Å². The van der Waals surface area contributed by atoms with E-state index in [0.29, 0.717) is 22.7 Å². The highest BCUT2D eigenvalue weighted by Gasteiger charge is 2.21. The van der Waals surface area contributed by atoms with E-state index >= 15 is 0 Å². The molecule has 0 saturated heterocycles. The molecule has 31 heavy (non-hydrogen) atoms.